The third-order valence-corrected chi connectivity index (χ3v) is 8.53. The Hall–Kier alpha value is -6.28. The van der Waals surface area contributed by atoms with Crippen LogP contribution in [0.3, 0.4) is 0 Å². The normalized spacial score (nSPS) is 12.1. The van der Waals surface area contributed by atoms with E-state index in [1.807, 2.05) is 111 Å². The molecule has 0 radical (unpaired) electrons. The van der Waals surface area contributed by atoms with Crippen molar-refractivity contribution >= 4 is 110 Å². The lowest BCUT2D eigenvalue weighted by Crippen LogP contribution is -1.79. The Kier molecular flexibility index (Phi) is 4.97. The van der Waals surface area contributed by atoms with Gasteiger partial charge in [-0.3, -0.25) is 0 Å². The standard InChI is InChI=1S/C36H16N4O4.C2H6/c1-3-9-19-17(7-1)15-23-31-29(19)39-33(43-31)21-11-5-14-26-28(21)38-36(42-26)24-16-18-8-2-4-10-20(18)30-32(24)44-34(40-30)22-12-6-13-25-27(22)37-35(23)41-25;1-2/h1-16H;1-2H3. The van der Waals surface area contributed by atoms with E-state index in [0.717, 1.165) is 21.5 Å². The highest BCUT2D eigenvalue weighted by Crippen LogP contribution is 2.38. The molecule has 11 rings (SSSR count). The van der Waals surface area contributed by atoms with Crippen LogP contribution >= 0.6 is 0 Å². The number of hydrogen-bond acceptors (Lipinski definition) is 8. The molecule has 0 unspecified atom stereocenters. The van der Waals surface area contributed by atoms with Gasteiger partial charge in [0, 0.05) is 10.8 Å². The zero-order valence-electron chi connectivity index (χ0n) is 24.7. The fourth-order valence-electron chi connectivity index (χ4n) is 6.51. The van der Waals surface area contributed by atoms with Crippen LogP contribution in [-0.2, 0) is 0 Å². The fraction of sp³-hybridized carbons (Fsp3) is 0.0526. The number of fused-ring (bicyclic) bond motifs is 12. The van der Waals surface area contributed by atoms with Crippen LogP contribution in [0.25, 0.3) is 110 Å². The maximum Gasteiger partial charge on any atom is 0.231 e. The summed E-state index contributed by atoms with van der Waals surface area (Å²) >= 11 is 0. The van der Waals surface area contributed by atoms with Crippen molar-refractivity contribution in [3.8, 4) is 0 Å². The van der Waals surface area contributed by atoms with E-state index in [-0.39, 0.29) is 0 Å². The van der Waals surface area contributed by atoms with E-state index in [0.29, 0.717) is 88.8 Å². The Balaban J connectivity index is 0.00000135. The van der Waals surface area contributed by atoms with Crippen LogP contribution in [0.1, 0.15) is 13.8 Å². The van der Waals surface area contributed by atoms with E-state index >= 15 is 0 Å². The number of hydrogen-bond donors (Lipinski definition) is 0. The number of benzene rings is 6. The average Bonchev–Trinajstić information content (AvgIpc) is 3.91. The molecule has 0 fully saturated rings. The van der Waals surface area contributed by atoms with Crippen LogP contribution < -0.4 is 0 Å². The van der Waals surface area contributed by atoms with Gasteiger partial charge in [-0.15, -0.1) is 0 Å². The highest BCUT2D eigenvalue weighted by molar-refractivity contribution is 6.18. The van der Waals surface area contributed by atoms with Crippen molar-refractivity contribution in [1.29, 1.82) is 0 Å². The maximum absolute atomic E-state index is 6.58. The van der Waals surface area contributed by atoms with Crippen molar-refractivity contribution in [3.05, 3.63) is 97.1 Å². The summed E-state index contributed by atoms with van der Waals surface area (Å²) in [6.07, 6.45) is 0. The van der Waals surface area contributed by atoms with Crippen LogP contribution in [0, 0.1) is 0 Å². The van der Waals surface area contributed by atoms with Gasteiger partial charge in [0.25, 0.3) is 0 Å². The van der Waals surface area contributed by atoms with Gasteiger partial charge in [-0.1, -0.05) is 74.5 Å². The molecule has 0 aliphatic heterocycles. The summed E-state index contributed by atoms with van der Waals surface area (Å²) in [5.74, 6) is 0. The van der Waals surface area contributed by atoms with Gasteiger partial charge in [0.1, 0.15) is 22.1 Å². The molecule has 46 heavy (non-hydrogen) atoms. The molecule has 0 amide bonds. The van der Waals surface area contributed by atoms with Crippen LogP contribution in [0.15, 0.2) is 115 Å². The quantitative estimate of drug-likeness (QED) is 0.170. The molecule has 5 heterocycles. The van der Waals surface area contributed by atoms with Gasteiger partial charge in [0.2, 0.25) is 22.9 Å². The number of para-hydroxylation sites is 2. The molecule has 11 aromatic rings. The molecule has 6 aromatic carbocycles. The van der Waals surface area contributed by atoms with Gasteiger partial charge in [0.05, 0.1) is 21.5 Å². The fourth-order valence-corrected chi connectivity index (χ4v) is 6.51. The van der Waals surface area contributed by atoms with Crippen molar-refractivity contribution < 1.29 is 17.7 Å². The first-order valence-electron chi connectivity index (χ1n) is 15.2. The van der Waals surface area contributed by atoms with Crippen LogP contribution in [-0.4, -0.2) is 19.9 Å². The molecular weight excluding hydrogens is 576 g/mol. The topological polar surface area (TPSA) is 104 Å². The smallest absolute Gasteiger partial charge is 0.231 e. The second-order valence-corrected chi connectivity index (χ2v) is 11.0. The Morgan fingerprint density at radius 2 is 0.761 bits per heavy atom. The van der Waals surface area contributed by atoms with Crippen molar-refractivity contribution in [2.45, 2.75) is 13.8 Å². The van der Waals surface area contributed by atoms with Crippen LogP contribution in [0.5, 0.6) is 0 Å². The lowest BCUT2D eigenvalue weighted by atomic mass is 10.1. The predicted octanol–water partition coefficient (Wildman–Crippen LogP) is 10.8. The van der Waals surface area contributed by atoms with E-state index in [2.05, 4.69) is 0 Å². The largest absolute Gasteiger partial charge is 0.436 e. The Morgan fingerprint density at radius 1 is 0.370 bits per heavy atom. The highest BCUT2D eigenvalue weighted by atomic mass is 16.4. The molecule has 8 nitrogen and oxygen atoms in total. The Bertz CT molecular complexity index is 2860. The van der Waals surface area contributed by atoms with Gasteiger partial charge in [-0.25, -0.2) is 19.9 Å². The Morgan fingerprint density at radius 3 is 1.24 bits per heavy atom. The lowest BCUT2D eigenvalue weighted by molar-refractivity contribution is 0.652. The lowest BCUT2D eigenvalue weighted by Gasteiger charge is -1.98. The summed E-state index contributed by atoms with van der Waals surface area (Å²) in [5.41, 5.74) is 6.77. The van der Waals surface area contributed by atoms with E-state index in [1.54, 1.807) is 0 Å². The molecule has 8 bridgehead atoms. The van der Waals surface area contributed by atoms with E-state index in [9.17, 15) is 0 Å². The Labute approximate surface area is 258 Å². The summed E-state index contributed by atoms with van der Waals surface area (Å²) in [4.78, 5) is 20.1. The number of aromatic nitrogens is 4. The second kappa shape index (κ2) is 9.12. The maximum atomic E-state index is 6.58. The van der Waals surface area contributed by atoms with E-state index < -0.39 is 0 Å². The van der Waals surface area contributed by atoms with Gasteiger partial charge in [0.15, 0.2) is 22.3 Å². The summed E-state index contributed by atoms with van der Waals surface area (Å²) in [6, 6.07) is 31.8. The van der Waals surface area contributed by atoms with Gasteiger partial charge in [-0.2, -0.15) is 0 Å². The highest BCUT2D eigenvalue weighted by Gasteiger charge is 2.20. The zero-order valence-corrected chi connectivity index (χ0v) is 24.7. The minimum Gasteiger partial charge on any atom is -0.436 e. The van der Waals surface area contributed by atoms with Crippen molar-refractivity contribution in [3.63, 3.8) is 0 Å². The molecule has 0 atom stereocenters. The van der Waals surface area contributed by atoms with E-state index in [1.165, 1.54) is 0 Å². The predicted molar refractivity (Wildman–Crippen MR) is 182 cm³/mol. The number of nitrogens with zero attached hydrogens (tertiary/aromatic N) is 4. The second-order valence-electron chi connectivity index (χ2n) is 11.0. The molecule has 0 N–H and O–H groups in total. The number of rotatable bonds is 0. The van der Waals surface area contributed by atoms with Gasteiger partial charge in [-0.05, 0) is 47.2 Å². The first-order valence-corrected chi connectivity index (χ1v) is 15.2. The summed E-state index contributed by atoms with van der Waals surface area (Å²) in [7, 11) is 0. The van der Waals surface area contributed by atoms with Crippen LogP contribution in [0.4, 0.5) is 0 Å². The van der Waals surface area contributed by atoms with Gasteiger partial charge < -0.3 is 17.7 Å². The summed E-state index contributed by atoms with van der Waals surface area (Å²) in [5, 5.41) is 6.75. The molecule has 0 spiro atoms. The first kappa shape index (κ1) is 25.1. The molecule has 0 aliphatic carbocycles. The summed E-state index contributed by atoms with van der Waals surface area (Å²) in [6.45, 7) is 4.00. The molecule has 218 valence electrons. The molecule has 0 saturated carbocycles. The SMILES string of the molecule is CC.c1ccc2c(c1)cc1c3nc4c(cccc4c4nc5c6ccccc6cc(c6nc7c(cccc7c7nc2c1o7)o6)c5o4)o3. The minimum absolute atomic E-state index is 0.419. The summed E-state index contributed by atoms with van der Waals surface area (Å²) < 4.78 is 26.0. The molecule has 0 saturated heterocycles. The molecular formula is C38H22N4O4. The van der Waals surface area contributed by atoms with Gasteiger partial charge >= 0.3 is 0 Å². The molecule has 5 aromatic heterocycles. The third kappa shape index (κ3) is 3.32. The monoisotopic (exact) mass is 598 g/mol. The number of oxazole rings is 4. The van der Waals surface area contributed by atoms with Crippen molar-refractivity contribution in [2.75, 3.05) is 0 Å². The third-order valence-electron chi connectivity index (χ3n) is 8.53. The molecule has 0 aliphatic rings. The minimum atomic E-state index is 0.419. The van der Waals surface area contributed by atoms with E-state index in [4.69, 9.17) is 37.6 Å². The average molecular weight is 599 g/mol. The first-order chi connectivity index (χ1) is 22.8. The van der Waals surface area contributed by atoms with Crippen molar-refractivity contribution in [1.82, 2.24) is 19.9 Å². The molecule has 8 heteroatoms. The van der Waals surface area contributed by atoms with Crippen LogP contribution in [0.2, 0.25) is 0 Å². The van der Waals surface area contributed by atoms with Crippen molar-refractivity contribution in [2.24, 2.45) is 0 Å². The zero-order chi connectivity index (χ0) is 30.5.